The minimum Gasteiger partial charge on any atom is -0.304 e. The van der Waals surface area contributed by atoms with Gasteiger partial charge in [0.25, 0.3) is 0 Å². The van der Waals surface area contributed by atoms with Crippen LogP contribution in [0.5, 0.6) is 0 Å². The summed E-state index contributed by atoms with van der Waals surface area (Å²) in [7, 11) is 1.95. The second kappa shape index (κ2) is 6.36. The third-order valence-electron chi connectivity index (χ3n) is 3.08. The Morgan fingerprint density at radius 3 is 2.61 bits per heavy atom. The van der Waals surface area contributed by atoms with Crippen LogP contribution in [0.4, 0.5) is 0 Å². The lowest BCUT2D eigenvalue weighted by atomic mass is 10.0. The molecule has 2 aromatic rings. The third-order valence-corrected chi connectivity index (χ3v) is 3.08. The van der Waals surface area contributed by atoms with Gasteiger partial charge in [-0.15, -0.1) is 0 Å². The molecule has 0 bridgehead atoms. The molecule has 1 aromatic carbocycles. The van der Waals surface area contributed by atoms with Gasteiger partial charge in [0.05, 0.1) is 5.69 Å². The molecular formula is C15H21N3. The van der Waals surface area contributed by atoms with Crippen LogP contribution in [0.2, 0.25) is 0 Å². The molecule has 2 rings (SSSR count). The topological polar surface area (TPSA) is 29.9 Å². The number of nitrogens with zero attached hydrogens (tertiary/aromatic N) is 2. The van der Waals surface area contributed by atoms with Crippen molar-refractivity contribution < 1.29 is 0 Å². The second-order valence-electron chi connectivity index (χ2n) is 4.61. The Morgan fingerprint density at radius 1 is 1.22 bits per heavy atom. The number of hydrogen-bond donors (Lipinski definition) is 1. The van der Waals surface area contributed by atoms with Crippen LogP contribution in [0, 0.1) is 0 Å². The molecule has 0 saturated heterocycles. The van der Waals surface area contributed by atoms with E-state index < -0.39 is 0 Å². The van der Waals surface area contributed by atoms with Crippen LogP contribution < -0.4 is 5.32 Å². The van der Waals surface area contributed by atoms with Crippen LogP contribution in [0.15, 0.2) is 42.6 Å². The molecule has 0 fully saturated rings. The predicted octanol–water partition coefficient (Wildman–Crippen LogP) is 3.05. The first kappa shape index (κ1) is 12.8. The molecule has 0 amide bonds. The first-order valence-corrected chi connectivity index (χ1v) is 6.56. The zero-order valence-corrected chi connectivity index (χ0v) is 11.1. The van der Waals surface area contributed by atoms with Crippen LogP contribution in [0.3, 0.4) is 0 Å². The SMILES string of the molecule is CCCC(NCc1ccn(C)n1)c1ccccc1. The van der Waals surface area contributed by atoms with E-state index in [0.717, 1.165) is 18.7 Å². The van der Waals surface area contributed by atoms with E-state index >= 15 is 0 Å². The van der Waals surface area contributed by atoms with Gasteiger partial charge in [0, 0.05) is 25.8 Å². The molecule has 0 aliphatic carbocycles. The average molecular weight is 243 g/mol. The molecule has 0 spiro atoms. The minimum absolute atomic E-state index is 0.415. The monoisotopic (exact) mass is 243 g/mol. The van der Waals surface area contributed by atoms with Crippen LogP contribution in [0.25, 0.3) is 0 Å². The van der Waals surface area contributed by atoms with E-state index in [1.54, 1.807) is 0 Å². The Balaban J connectivity index is 1.98. The number of nitrogens with one attached hydrogen (secondary N) is 1. The zero-order chi connectivity index (χ0) is 12.8. The van der Waals surface area contributed by atoms with E-state index in [1.165, 1.54) is 12.0 Å². The molecule has 0 aliphatic rings. The van der Waals surface area contributed by atoms with Crippen molar-refractivity contribution in [2.75, 3.05) is 0 Å². The molecule has 3 heteroatoms. The number of hydrogen-bond acceptors (Lipinski definition) is 2. The molecule has 96 valence electrons. The summed E-state index contributed by atoms with van der Waals surface area (Å²) in [6.45, 7) is 3.04. The molecule has 0 aliphatic heterocycles. The summed E-state index contributed by atoms with van der Waals surface area (Å²) < 4.78 is 1.84. The summed E-state index contributed by atoms with van der Waals surface area (Å²) in [6.07, 6.45) is 4.31. The molecule has 18 heavy (non-hydrogen) atoms. The van der Waals surface area contributed by atoms with E-state index in [1.807, 2.05) is 17.9 Å². The van der Waals surface area contributed by atoms with E-state index in [4.69, 9.17) is 0 Å². The fourth-order valence-corrected chi connectivity index (χ4v) is 2.15. The van der Waals surface area contributed by atoms with Crippen LogP contribution >= 0.6 is 0 Å². The second-order valence-corrected chi connectivity index (χ2v) is 4.61. The number of aromatic nitrogens is 2. The molecule has 1 atom stereocenters. The first-order chi connectivity index (χ1) is 8.79. The smallest absolute Gasteiger partial charge is 0.0762 e. The van der Waals surface area contributed by atoms with Crippen LogP contribution in [0.1, 0.15) is 37.1 Å². The minimum atomic E-state index is 0.415. The normalized spacial score (nSPS) is 12.6. The lowest BCUT2D eigenvalue weighted by molar-refractivity contribution is 0.487. The van der Waals surface area contributed by atoms with Crippen molar-refractivity contribution in [3.8, 4) is 0 Å². The van der Waals surface area contributed by atoms with E-state index in [-0.39, 0.29) is 0 Å². The Bertz CT molecular complexity index is 462. The molecular weight excluding hydrogens is 222 g/mol. The van der Waals surface area contributed by atoms with Crippen molar-refractivity contribution in [1.29, 1.82) is 0 Å². The van der Waals surface area contributed by atoms with Gasteiger partial charge in [-0.3, -0.25) is 4.68 Å². The number of benzene rings is 1. The first-order valence-electron chi connectivity index (χ1n) is 6.56. The summed E-state index contributed by atoms with van der Waals surface area (Å²) >= 11 is 0. The fraction of sp³-hybridized carbons (Fsp3) is 0.400. The average Bonchev–Trinajstić information content (AvgIpc) is 2.81. The number of rotatable bonds is 6. The van der Waals surface area contributed by atoms with Gasteiger partial charge >= 0.3 is 0 Å². The van der Waals surface area contributed by atoms with Crippen molar-refractivity contribution in [1.82, 2.24) is 15.1 Å². The van der Waals surface area contributed by atoms with Crippen molar-refractivity contribution in [3.63, 3.8) is 0 Å². The summed E-state index contributed by atoms with van der Waals surface area (Å²) in [5.41, 5.74) is 2.45. The van der Waals surface area contributed by atoms with Crippen LogP contribution in [-0.4, -0.2) is 9.78 Å². The fourth-order valence-electron chi connectivity index (χ4n) is 2.15. The Morgan fingerprint density at radius 2 is 2.00 bits per heavy atom. The summed E-state index contributed by atoms with van der Waals surface area (Å²) in [5.74, 6) is 0. The molecule has 1 unspecified atom stereocenters. The molecule has 3 nitrogen and oxygen atoms in total. The van der Waals surface area contributed by atoms with Crippen molar-refractivity contribution in [2.45, 2.75) is 32.4 Å². The lowest BCUT2D eigenvalue weighted by Gasteiger charge is -2.17. The van der Waals surface area contributed by atoms with Gasteiger partial charge in [-0.1, -0.05) is 43.7 Å². The van der Waals surface area contributed by atoms with Gasteiger partial charge < -0.3 is 5.32 Å². The Kier molecular flexibility index (Phi) is 4.53. The summed E-state index contributed by atoms with van der Waals surface area (Å²) in [4.78, 5) is 0. The standard InChI is InChI=1S/C15H21N3/c1-3-7-15(13-8-5-4-6-9-13)16-12-14-10-11-18(2)17-14/h4-6,8-11,15-16H,3,7,12H2,1-2H3. The maximum absolute atomic E-state index is 4.39. The predicted molar refractivity (Wildman–Crippen MR) is 74.1 cm³/mol. The number of aryl methyl sites for hydroxylation is 1. The molecule has 1 aromatic heterocycles. The van der Waals surface area contributed by atoms with Crippen molar-refractivity contribution in [2.24, 2.45) is 7.05 Å². The zero-order valence-electron chi connectivity index (χ0n) is 11.1. The summed E-state index contributed by atoms with van der Waals surface area (Å²) in [6, 6.07) is 13.1. The van der Waals surface area contributed by atoms with Gasteiger partial charge in [0.1, 0.15) is 0 Å². The Hall–Kier alpha value is -1.61. The van der Waals surface area contributed by atoms with Gasteiger partial charge in [0.2, 0.25) is 0 Å². The van der Waals surface area contributed by atoms with Gasteiger partial charge in [-0.2, -0.15) is 5.10 Å². The third kappa shape index (κ3) is 3.44. The van der Waals surface area contributed by atoms with E-state index in [0.29, 0.717) is 6.04 Å². The maximum atomic E-state index is 4.39. The van der Waals surface area contributed by atoms with Gasteiger partial charge in [-0.25, -0.2) is 0 Å². The molecule has 1 N–H and O–H groups in total. The summed E-state index contributed by atoms with van der Waals surface area (Å²) in [5, 5.41) is 7.98. The largest absolute Gasteiger partial charge is 0.304 e. The van der Waals surface area contributed by atoms with E-state index in [2.05, 4.69) is 53.7 Å². The highest BCUT2D eigenvalue weighted by molar-refractivity contribution is 5.19. The van der Waals surface area contributed by atoms with Crippen molar-refractivity contribution in [3.05, 3.63) is 53.9 Å². The highest BCUT2D eigenvalue weighted by atomic mass is 15.3. The van der Waals surface area contributed by atoms with Crippen LogP contribution in [-0.2, 0) is 13.6 Å². The van der Waals surface area contributed by atoms with Crippen molar-refractivity contribution >= 4 is 0 Å². The highest BCUT2D eigenvalue weighted by Crippen LogP contribution is 2.18. The molecule has 1 heterocycles. The quantitative estimate of drug-likeness (QED) is 0.845. The Labute approximate surface area is 109 Å². The molecule has 0 radical (unpaired) electrons. The lowest BCUT2D eigenvalue weighted by Crippen LogP contribution is -2.21. The van der Waals surface area contributed by atoms with Gasteiger partial charge in [-0.05, 0) is 18.1 Å². The van der Waals surface area contributed by atoms with Gasteiger partial charge in [0.15, 0.2) is 0 Å². The van der Waals surface area contributed by atoms with E-state index in [9.17, 15) is 0 Å². The highest BCUT2D eigenvalue weighted by Gasteiger charge is 2.09. The maximum Gasteiger partial charge on any atom is 0.0762 e. The molecule has 0 saturated carbocycles.